The predicted octanol–water partition coefficient (Wildman–Crippen LogP) is -10.1. The molecule has 0 aliphatic carbocycles. The van der Waals surface area contributed by atoms with Crippen molar-refractivity contribution in [1.82, 2.24) is 36.4 Å². The molecule has 0 bridgehead atoms. The van der Waals surface area contributed by atoms with Gasteiger partial charge in [0.2, 0.25) is 41.4 Å². The third-order valence-corrected chi connectivity index (χ3v) is 17.9. The second kappa shape index (κ2) is 48.9. The summed E-state index contributed by atoms with van der Waals surface area (Å²) in [6, 6.07) is -2.83. The van der Waals surface area contributed by atoms with Gasteiger partial charge in [0, 0.05) is 77.8 Å². The third kappa shape index (κ3) is 32.2. The highest BCUT2D eigenvalue weighted by Gasteiger charge is 2.48. The summed E-state index contributed by atoms with van der Waals surface area (Å²) in [5.74, 6) is -6.40. The number of amides is 7. The fourth-order valence-corrected chi connectivity index (χ4v) is 11.6. The molecule has 4 fully saturated rings. The molecule has 4 heterocycles. The molecule has 4 aliphatic rings. The number of nitrogens with one attached hydrogen (secondary N) is 5. The number of carboxylic acid groups (broad SMARTS) is 1. The highest BCUT2D eigenvalue weighted by molar-refractivity contribution is 5.90. The molecule has 0 aromatic rings. The number of nitrogens with zero attached hydrogens (tertiary/aromatic N) is 2. The van der Waals surface area contributed by atoms with Crippen LogP contribution in [-0.2, 0) is 85.8 Å². The monoisotopic (exact) mass is 1570 g/mol. The number of carbonyl (C=O) groups excluding carboxylic acids is 8. The summed E-state index contributed by atoms with van der Waals surface area (Å²) >= 11 is 0. The Bertz CT molecular complexity index is 2640. The average Bonchev–Trinajstić information content (AvgIpc) is 0.836. The number of esters is 1. The fourth-order valence-electron chi connectivity index (χ4n) is 11.6. The summed E-state index contributed by atoms with van der Waals surface area (Å²) in [4.78, 5) is 121. The molecule has 4 saturated heterocycles. The molecule has 22 N–H and O–H groups in total. The first-order chi connectivity index (χ1) is 51.2. The van der Waals surface area contributed by atoms with Gasteiger partial charge in [-0.2, -0.15) is 0 Å². The van der Waals surface area contributed by atoms with Crippen LogP contribution in [0.5, 0.6) is 0 Å². The standard InChI is InChI=1S/C66H115N7O35/c1-66(2,3)108-61(99)36(71-44(81)30-69-41(78)12-8-9-15-47(84)85)17-19-43(80)70-35(60(98)68-21-11-5-7-14-46(83)73(24-28-102-64-58(96)54(92)50(88)39(33-76)106-64)25-29-103-65-59(97)55(93)51(89)40(34-77)107-65)16-18-42(79)67-20-10-4-6-13-45(82)72(22-26-100-62-56(94)52(90)48(86)37(31-74)104-62)23-27-101-63-57(95)53(91)49(87)38(32-75)105-63/h35-40,48-59,62-65,74-77,86-97H,4-34H2,1-3H3,(H,67,79)(H,68,98)(H,69,78)(H,70,80)(H,71,81)(H,84,85)/t35-,36-,37+,38+,39+,40+,48+,49+,50+,51+,52-,53-,54-,55-,56-,57-,58-,59-,62-,63-,64-,65-/m0/s1. The van der Waals surface area contributed by atoms with E-state index >= 15 is 0 Å². The first-order valence-electron chi connectivity index (χ1n) is 36.3. The van der Waals surface area contributed by atoms with Crippen molar-refractivity contribution < 1.29 is 173 Å². The minimum absolute atomic E-state index is 0.0209. The summed E-state index contributed by atoms with van der Waals surface area (Å²) in [5.41, 5.74) is -1.06. The van der Waals surface area contributed by atoms with Crippen molar-refractivity contribution in [3.05, 3.63) is 0 Å². The van der Waals surface area contributed by atoms with Crippen LogP contribution in [0, 0.1) is 0 Å². The molecule has 0 aromatic carbocycles. The van der Waals surface area contributed by atoms with Gasteiger partial charge in [0.1, 0.15) is 115 Å². The number of carboxylic acids is 1. The molecule has 0 spiro atoms. The molecule has 0 unspecified atom stereocenters. The second-order valence-electron chi connectivity index (χ2n) is 27.5. The number of aliphatic hydroxyl groups excluding tert-OH is 16. The van der Waals surface area contributed by atoms with Crippen molar-refractivity contribution in [3.63, 3.8) is 0 Å². The summed E-state index contributed by atoms with van der Waals surface area (Å²) in [5, 5.41) is 184. The zero-order valence-electron chi connectivity index (χ0n) is 61.0. The van der Waals surface area contributed by atoms with Gasteiger partial charge in [0.25, 0.3) is 0 Å². The Balaban J connectivity index is 1.39. The van der Waals surface area contributed by atoms with E-state index in [1.54, 1.807) is 20.8 Å². The Morgan fingerprint density at radius 1 is 0.380 bits per heavy atom. The fraction of sp³-hybridized carbons (Fsp3) is 0.864. The van der Waals surface area contributed by atoms with Crippen LogP contribution in [-0.4, -0.2) is 389 Å². The number of hydrogen-bond acceptors (Lipinski definition) is 34. The third-order valence-electron chi connectivity index (χ3n) is 17.9. The van der Waals surface area contributed by atoms with Gasteiger partial charge >= 0.3 is 11.9 Å². The number of hydrogen-bond donors (Lipinski definition) is 22. The number of ether oxygens (including phenoxy) is 9. The van der Waals surface area contributed by atoms with Gasteiger partial charge in [-0.3, -0.25) is 38.4 Å². The van der Waals surface area contributed by atoms with E-state index in [1.165, 1.54) is 9.80 Å². The molecule has 0 radical (unpaired) electrons. The van der Waals surface area contributed by atoms with E-state index in [-0.39, 0.29) is 143 Å². The number of unbranched alkanes of at least 4 members (excludes halogenated alkanes) is 5. The Labute approximate surface area is 623 Å². The summed E-state index contributed by atoms with van der Waals surface area (Å²) < 4.78 is 49.4. The Morgan fingerprint density at radius 3 is 1.08 bits per heavy atom. The van der Waals surface area contributed by atoms with Gasteiger partial charge in [-0.05, 0) is 72.1 Å². The van der Waals surface area contributed by atoms with Gasteiger partial charge in [-0.15, -0.1) is 0 Å². The van der Waals surface area contributed by atoms with E-state index in [0.717, 1.165) is 0 Å². The van der Waals surface area contributed by atoms with Crippen LogP contribution in [0.25, 0.3) is 0 Å². The van der Waals surface area contributed by atoms with Crippen molar-refractivity contribution in [1.29, 1.82) is 0 Å². The van der Waals surface area contributed by atoms with E-state index in [2.05, 4.69) is 26.6 Å². The molecule has 42 heteroatoms. The number of aliphatic carboxylic acids is 1. The summed E-state index contributed by atoms with van der Waals surface area (Å²) in [7, 11) is 0. The number of carbonyl (C=O) groups is 9. The highest BCUT2D eigenvalue weighted by atomic mass is 16.7. The van der Waals surface area contributed by atoms with Gasteiger partial charge in [0.15, 0.2) is 25.2 Å². The SMILES string of the molecule is CC(C)(C)OC(=O)[C@H](CCC(=O)N[C@@H](CCC(=O)NCCCCCC(=O)N(CCO[C@H]1O[C@H](CO)[C@@H](O)[C@H](O)[C@@H]1O)CCO[C@H]1O[C@H](CO)[C@@H](O)[C@H](O)[C@@H]1O)C(=O)NCCCCCC(=O)N(CCO[C@H]1O[C@H](CO)[C@@H](O)[C@H](O)[C@@H]1O)CCO[C@H]1O[C@H](CO)[C@@H](O)[C@H](O)[C@@H]1O)NC(=O)CNC(=O)CCCCC(=O)O. The Morgan fingerprint density at radius 2 is 0.713 bits per heavy atom. The van der Waals surface area contributed by atoms with Crippen LogP contribution in [0.3, 0.4) is 0 Å². The maximum Gasteiger partial charge on any atom is 0.329 e. The zero-order chi connectivity index (χ0) is 80.4. The van der Waals surface area contributed by atoms with Crippen molar-refractivity contribution in [2.24, 2.45) is 0 Å². The first kappa shape index (κ1) is 94.6. The maximum absolute atomic E-state index is 13.9. The summed E-state index contributed by atoms with van der Waals surface area (Å²) in [6.45, 7) is -0.832. The minimum atomic E-state index is -1.76. The van der Waals surface area contributed by atoms with Crippen molar-refractivity contribution in [2.75, 3.05) is 98.7 Å². The average molecular weight is 1570 g/mol. The molecule has 4 rings (SSSR count). The van der Waals surface area contributed by atoms with Gasteiger partial charge in [-0.25, -0.2) is 4.79 Å². The summed E-state index contributed by atoms with van der Waals surface area (Å²) in [6.07, 6.45) is -31.6. The van der Waals surface area contributed by atoms with Crippen molar-refractivity contribution in [2.45, 2.75) is 264 Å². The molecule has 108 heavy (non-hydrogen) atoms. The molecule has 0 aromatic heterocycles. The Kier molecular flexibility index (Phi) is 42.9. The topological polar surface area (TPSA) is 647 Å². The van der Waals surface area contributed by atoms with Crippen LogP contribution >= 0.6 is 0 Å². The lowest BCUT2D eigenvalue weighted by Crippen LogP contribution is -2.59. The lowest BCUT2D eigenvalue weighted by atomic mass is 9.99. The van der Waals surface area contributed by atoms with Gasteiger partial charge in [0.05, 0.1) is 59.4 Å². The Hall–Kier alpha value is -5.73. The second-order valence-corrected chi connectivity index (χ2v) is 27.5. The maximum atomic E-state index is 13.9. The highest BCUT2D eigenvalue weighted by Crippen LogP contribution is 2.27. The van der Waals surface area contributed by atoms with Crippen molar-refractivity contribution in [3.8, 4) is 0 Å². The molecule has 4 aliphatic heterocycles. The van der Waals surface area contributed by atoms with Crippen LogP contribution < -0.4 is 26.6 Å². The van der Waals surface area contributed by atoms with E-state index < -0.39 is 233 Å². The molecular formula is C66H115N7O35. The molecule has 7 amide bonds. The van der Waals surface area contributed by atoms with E-state index in [4.69, 9.17) is 47.7 Å². The normalized spacial score (nSPS) is 29.2. The van der Waals surface area contributed by atoms with Crippen LogP contribution in [0.1, 0.15) is 124 Å². The largest absolute Gasteiger partial charge is 0.481 e. The van der Waals surface area contributed by atoms with Gasteiger partial charge in [-0.1, -0.05) is 12.8 Å². The smallest absolute Gasteiger partial charge is 0.329 e. The lowest BCUT2D eigenvalue weighted by Gasteiger charge is -2.40. The lowest BCUT2D eigenvalue weighted by molar-refractivity contribution is -0.303. The molecule has 624 valence electrons. The van der Waals surface area contributed by atoms with Crippen LogP contribution in [0.2, 0.25) is 0 Å². The number of rotatable bonds is 49. The zero-order valence-corrected chi connectivity index (χ0v) is 61.0. The van der Waals surface area contributed by atoms with Crippen molar-refractivity contribution >= 4 is 53.3 Å². The molecule has 22 atom stereocenters. The van der Waals surface area contributed by atoms with E-state index in [1.807, 2.05) is 0 Å². The first-order valence-corrected chi connectivity index (χ1v) is 36.3. The van der Waals surface area contributed by atoms with E-state index in [9.17, 15) is 125 Å². The van der Waals surface area contributed by atoms with Gasteiger partial charge < -0.3 is 166 Å². The van der Waals surface area contributed by atoms with Crippen LogP contribution in [0.15, 0.2) is 0 Å². The minimum Gasteiger partial charge on any atom is -0.481 e. The molecular weight excluding hydrogens is 1450 g/mol. The van der Waals surface area contributed by atoms with E-state index in [0.29, 0.717) is 19.3 Å². The molecule has 42 nitrogen and oxygen atoms in total. The number of aliphatic hydroxyl groups is 16. The molecule has 0 saturated carbocycles. The van der Waals surface area contributed by atoms with Crippen LogP contribution in [0.4, 0.5) is 0 Å². The quantitative estimate of drug-likeness (QED) is 0.0199. The predicted molar refractivity (Wildman–Crippen MR) is 362 cm³/mol.